The minimum atomic E-state index is 0.0534. The minimum absolute atomic E-state index is 0.0534. The van der Waals surface area contributed by atoms with Crippen molar-refractivity contribution in [3.63, 3.8) is 0 Å². The lowest BCUT2D eigenvalue weighted by Gasteiger charge is -2.20. The van der Waals surface area contributed by atoms with Crippen LogP contribution in [0.3, 0.4) is 0 Å². The average molecular weight is 325 g/mol. The zero-order valence-corrected chi connectivity index (χ0v) is 14.0. The van der Waals surface area contributed by atoms with E-state index in [0.717, 1.165) is 29.3 Å². The number of aryl methyl sites for hydroxylation is 1. The third-order valence-electron chi connectivity index (χ3n) is 5.66. The first kappa shape index (κ1) is 15.3. The molecule has 3 unspecified atom stereocenters. The molecule has 0 saturated heterocycles. The first-order valence-corrected chi connectivity index (χ1v) is 8.83. The van der Waals surface area contributed by atoms with E-state index in [2.05, 4.69) is 20.8 Å². The van der Waals surface area contributed by atoms with Crippen LogP contribution in [0.15, 0.2) is 24.3 Å². The number of fused-ring (bicyclic) bond motifs is 1. The maximum atomic E-state index is 12.5. The second-order valence-corrected chi connectivity index (χ2v) is 7.09. The fraction of sp³-hybridized carbons (Fsp3) is 0.556. The van der Waals surface area contributed by atoms with E-state index in [1.165, 1.54) is 25.7 Å². The number of tetrazole rings is 1. The molecule has 0 radical (unpaired) electrons. The summed E-state index contributed by atoms with van der Waals surface area (Å²) in [6.45, 7) is 2.49. The highest BCUT2D eigenvalue weighted by molar-refractivity contribution is 5.94. The zero-order valence-electron chi connectivity index (χ0n) is 14.0. The molecule has 6 heteroatoms. The molecule has 0 aliphatic heterocycles. The van der Waals surface area contributed by atoms with Gasteiger partial charge in [-0.3, -0.25) is 4.79 Å². The van der Waals surface area contributed by atoms with Crippen LogP contribution in [0.5, 0.6) is 0 Å². The number of benzene rings is 1. The molecule has 0 spiro atoms. The Kier molecular flexibility index (Phi) is 4.04. The van der Waals surface area contributed by atoms with Crippen molar-refractivity contribution in [2.24, 2.45) is 11.8 Å². The monoisotopic (exact) mass is 325 g/mol. The summed E-state index contributed by atoms with van der Waals surface area (Å²) in [6.07, 6.45) is 6.37. The van der Waals surface area contributed by atoms with Crippen LogP contribution in [0.2, 0.25) is 0 Å². The van der Waals surface area contributed by atoms with Crippen molar-refractivity contribution in [2.75, 3.05) is 0 Å². The van der Waals surface area contributed by atoms with E-state index >= 15 is 0 Å². The van der Waals surface area contributed by atoms with Crippen LogP contribution in [-0.4, -0.2) is 32.2 Å². The molecule has 2 saturated carbocycles. The Morgan fingerprint density at radius 1 is 1.21 bits per heavy atom. The van der Waals surface area contributed by atoms with Crippen LogP contribution in [0.25, 0.3) is 0 Å². The Balaban J connectivity index is 1.39. The molecule has 1 aromatic heterocycles. The SMILES string of the molecule is Cc1nnnn1Cc1ccc(C(=O)NC2CCC3CCCC32)cc1. The summed E-state index contributed by atoms with van der Waals surface area (Å²) in [6, 6.07) is 8.11. The first-order valence-electron chi connectivity index (χ1n) is 8.83. The van der Waals surface area contributed by atoms with Crippen molar-refractivity contribution in [2.45, 2.75) is 51.6 Å². The Morgan fingerprint density at radius 3 is 2.79 bits per heavy atom. The van der Waals surface area contributed by atoms with Crippen LogP contribution in [0, 0.1) is 18.8 Å². The minimum Gasteiger partial charge on any atom is -0.349 e. The number of hydrogen-bond acceptors (Lipinski definition) is 4. The number of amides is 1. The number of nitrogens with one attached hydrogen (secondary N) is 1. The van der Waals surface area contributed by atoms with Gasteiger partial charge in [-0.05, 0) is 66.1 Å². The third-order valence-corrected chi connectivity index (χ3v) is 5.66. The van der Waals surface area contributed by atoms with Crippen LogP contribution in [0.4, 0.5) is 0 Å². The lowest BCUT2D eigenvalue weighted by molar-refractivity contribution is 0.0926. The quantitative estimate of drug-likeness (QED) is 0.936. The van der Waals surface area contributed by atoms with Gasteiger partial charge in [0.25, 0.3) is 5.91 Å². The smallest absolute Gasteiger partial charge is 0.251 e. The Morgan fingerprint density at radius 2 is 2.04 bits per heavy atom. The Bertz CT molecular complexity index is 723. The van der Waals surface area contributed by atoms with Gasteiger partial charge in [-0.1, -0.05) is 25.0 Å². The Hall–Kier alpha value is -2.24. The number of carbonyl (C=O) groups is 1. The molecule has 1 amide bonds. The number of nitrogens with zero attached hydrogens (tertiary/aromatic N) is 4. The van der Waals surface area contributed by atoms with Gasteiger partial charge in [-0.15, -0.1) is 5.10 Å². The van der Waals surface area contributed by atoms with Crippen LogP contribution in [-0.2, 0) is 6.54 Å². The second kappa shape index (κ2) is 6.34. The predicted octanol–water partition coefficient (Wildman–Crippen LogP) is 2.34. The molecule has 1 aromatic carbocycles. The van der Waals surface area contributed by atoms with Gasteiger partial charge in [0, 0.05) is 11.6 Å². The van der Waals surface area contributed by atoms with Crippen molar-refractivity contribution < 1.29 is 4.79 Å². The molecule has 126 valence electrons. The van der Waals surface area contributed by atoms with Gasteiger partial charge in [0.05, 0.1) is 6.54 Å². The van der Waals surface area contributed by atoms with Gasteiger partial charge in [0.1, 0.15) is 5.82 Å². The first-order chi connectivity index (χ1) is 11.7. The lowest BCUT2D eigenvalue weighted by atomic mass is 9.97. The van der Waals surface area contributed by atoms with E-state index in [4.69, 9.17) is 0 Å². The molecule has 2 aromatic rings. The third kappa shape index (κ3) is 2.92. The fourth-order valence-corrected chi connectivity index (χ4v) is 4.32. The van der Waals surface area contributed by atoms with E-state index in [1.807, 2.05) is 31.2 Å². The molecule has 4 rings (SSSR count). The van der Waals surface area contributed by atoms with Crippen molar-refractivity contribution in [3.05, 3.63) is 41.2 Å². The van der Waals surface area contributed by atoms with Crippen LogP contribution < -0.4 is 5.32 Å². The molecule has 24 heavy (non-hydrogen) atoms. The molecule has 2 fully saturated rings. The summed E-state index contributed by atoms with van der Waals surface area (Å²) in [5.41, 5.74) is 1.81. The molecular formula is C18H23N5O. The zero-order chi connectivity index (χ0) is 16.5. The van der Waals surface area contributed by atoms with E-state index in [-0.39, 0.29) is 5.91 Å². The predicted molar refractivity (Wildman–Crippen MR) is 89.4 cm³/mol. The lowest BCUT2D eigenvalue weighted by Crippen LogP contribution is -2.37. The average Bonchev–Trinajstić information content (AvgIpc) is 3.28. The fourth-order valence-electron chi connectivity index (χ4n) is 4.32. The highest BCUT2D eigenvalue weighted by Gasteiger charge is 2.39. The summed E-state index contributed by atoms with van der Waals surface area (Å²) in [7, 11) is 0. The highest BCUT2D eigenvalue weighted by atomic mass is 16.1. The van der Waals surface area contributed by atoms with Gasteiger partial charge in [-0.25, -0.2) is 4.68 Å². The number of hydrogen-bond donors (Lipinski definition) is 1. The van der Waals surface area contributed by atoms with Gasteiger partial charge in [0.2, 0.25) is 0 Å². The molecule has 2 aliphatic carbocycles. The summed E-state index contributed by atoms with van der Waals surface area (Å²) in [5.74, 6) is 2.38. The van der Waals surface area contributed by atoms with Crippen LogP contribution >= 0.6 is 0 Å². The van der Waals surface area contributed by atoms with Crippen molar-refractivity contribution >= 4 is 5.91 Å². The maximum Gasteiger partial charge on any atom is 0.251 e. The number of carbonyl (C=O) groups excluding carboxylic acids is 1. The number of aromatic nitrogens is 4. The van der Waals surface area contributed by atoms with E-state index in [0.29, 0.717) is 18.5 Å². The standard InChI is InChI=1S/C18H23N5O/c1-12-20-21-22-23(12)11-13-5-7-15(8-6-13)18(24)19-17-10-9-14-3-2-4-16(14)17/h5-8,14,16-17H,2-4,9-11H2,1H3,(H,19,24). The van der Waals surface area contributed by atoms with Gasteiger partial charge in [-0.2, -0.15) is 0 Å². The summed E-state index contributed by atoms with van der Waals surface area (Å²) in [4.78, 5) is 12.5. The highest BCUT2D eigenvalue weighted by Crippen LogP contribution is 2.44. The molecule has 6 nitrogen and oxygen atoms in total. The molecule has 3 atom stereocenters. The maximum absolute atomic E-state index is 12.5. The molecule has 1 N–H and O–H groups in total. The molecule has 2 aliphatic rings. The molecule has 1 heterocycles. The largest absolute Gasteiger partial charge is 0.349 e. The number of rotatable bonds is 4. The van der Waals surface area contributed by atoms with Gasteiger partial charge >= 0.3 is 0 Å². The van der Waals surface area contributed by atoms with E-state index in [9.17, 15) is 4.79 Å². The molecular weight excluding hydrogens is 302 g/mol. The van der Waals surface area contributed by atoms with E-state index in [1.54, 1.807) is 4.68 Å². The van der Waals surface area contributed by atoms with E-state index < -0.39 is 0 Å². The summed E-state index contributed by atoms with van der Waals surface area (Å²) < 4.78 is 1.74. The Labute approximate surface area is 141 Å². The van der Waals surface area contributed by atoms with Gasteiger partial charge in [0.15, 0.2) is 0 Å². The van der Waals surface area contributed by atoms with Crippen molar-refractivity contribution in [1.82, 2.24) is 25.5 Å². The summed E-state index contributed by atoms with van der Waals surface area (Å²) in [5, 5.41) is 14.7. The summed E-state index contributed by atoms with van der Waals surface area (Å²) >= 11 is 0. The molecule has 0 bridgehead atoms. The topological polar surface area (TPSA) is 72.7 Å². The van der Waals surface area contributed by atoms with Crippen molar-refractivity contribution in [3.8, 4) is 0 Å². The van der Waals surface area contributed by atoms with Gasteiger partial charge < -0.3 is 5.32 Å². The van der Waals surface area contributed by atoms with Crippen molar-refractivity contribution in [1.29, 1.82) is 0 Å². The van der Waals surface area contributed by atoms with Crippen LogP contribution in [0.1, 0.15) is 53.8 Å². The second-order valence-electron chi connectivity index (χ2n) is 7.09. The normalized spacial score (nSPS) is 25.6.